The summed E-state index contributed by atoms with van der Waals surface area (Å²) in [4.78, 5) is 2.52. The maximum Gasteiger partial charge on any atom is 0.0168 e. The lowest BCUT2D eigenvalue weighted by molar-refractivity contribution is 0.352. The first-order chi connectivity index (χ1) is 15.6. The molecule has 0 aromatic carbocycles. The van der Waals surface area contributed by atoms with Gasteiger partial charge in [-0.25, -0.2) is 0 Å². The summed E-state index contributed by atoms with van der Waals surface area (Å²) in [5, 5.41) is 0. The van der Waals surface area contributed by atoms with E-state index in [9.17, 15) is 0 Å². The summed E-state index contributed by atoms with van der Waals surface area (Å²) in [6.45, 7) is 23.3. The number of rotatable bonds is 17. The minimum Gasteiger partial charge on any atom is -0.296 e. The fourth-order valence-corrected chi connectivity index (χ4v) is 3.58. The molecule has 0 fully saturated rings. The van der Waals surface area contributed by atoms with Crippen molar-refractivity contribution in [2.24, 2.45) is 0 Å². The lowest BCUT2D eigenvalue weighted by Gasteiger charge is -2.17. The Morgan fingerprint density at radius 3 is 1.06 bits per heavy atom. The summed E-state index contributed by atoms with van der Waals surface area (Å²) in [7, 11) is 0. The molecule has 0 aromatic rings. The molecule has 1 heteroatoms. The van der Waals surface area contributed by atoms with Crippen LogP contribution < -0.4 is 0 Å². The lowest BCUT2D eigenvalue weighted by atomic mass is 10.1. The second-order valence-electron chi connectivity index (χ2n) is 10.3. The van der Waals surface area contributed by atoms with E-state index in [1.54, 1.807) is 0 Å². The second kappa shape index (κ2) is 19.8. The van der Waals surface area contributed by atoms with Crippen molar-refractivity contribution in [3.63, 3.8) is 0 Å². The molecule has 0 N–H and O–H groups in total. The highest BCUT2D eigenvalue weighted by Crippen LogP contribution is 2.13. The smallest absolute Gasteiger partial charge is 0.0168 e. The van der Waals surface area contributed by atoms with Gasteiger partial charge in [-0.2, -0.15) is 0 Å². The molecule has 0 saturated heterocycles. The Bertz CT molecular complexity index is 641. The molecular weight excluding hydrogens is 398 g/mol. The van der Waals surface area contributed by atoms with E-state index < -0.39 is 0 Å². The van der Waals surface area contributed by atoms with Crippen LogP contribution in [0.2, 0.25) is 0 Å². The molecule has 0 atom stereocenters. The van der Waals surface area contributed by atoms with Crippen LogP contribution in [0.4, 0.5) is 0 Å². The van der Waals surface area contributed by atoms with E-state index in [-0.39, 0.29) is 0 Å². The van der Waals surface area contributed by atoms with E-state index in [2.05, 4.69) is 104 Å². The maximum atomic E-state index is 2.52. The quantitative estimate of drug-likeness (QED) is 0.198. The highest BCUT2D eigenvalue weighted by Gasteiger charge is 2.00. The fourth-order valence-electron chi connectivity index (χ4n) is 3.58. The zero-order valence-electron chi connectivity index (χ0n) is 23.7. The van der Waals surface area contributed by atoms with Crippen molar-refractivity contribution in [3.8, 4) is 0 Å². The second-order valence-corrected chi connectivity index (χ2v) is 10.3. The third-order valence-corrected chi connectivity index (χ3v) is 6.09. The maximum absolute atomic E-state index is 2.52. The van der Waals surface area contributed by atoms with Crippen LogP contribution in [0, 0.1) is 0 Å². The summed E-state index contributed by atoms with van der Waals surface area (Å²) in [6.07, 6.45) is 23.8. The molecule has 0 spiro atoms. The standard InChI is InChI=1S/C32H55N/c1-10-33(25-23-31(8)21-13-19-29(6)17-11-15-27(2)3)26-24-32(9)22-14-20-30(7)18-12-16-28(4)5/h15-16,19-20,23-24H,10-14,17-18,21-22,25-26H2,1-9H3/b29-19+,30-20+,31-23+,32-24+. The molecule has 0 aromatic heterocycles. The minimum absolute atomic E-state index is 1.05. The summed E-state index contributed by atoms with van der Waals surface area (Å²) < 4.78 is 0. The van der Waals surface area contributed by atoms with Gasteiger partial charge in [-0.3, -0.25) is 4.90 Å². The van der Waals surface area contributed by atoms with Crippen molar-refractivity contribution in [2.75, 3.05) is 19.6 Å². The average Bonchev–Trinajstić information content (AvgIpc) is 2.73. The van der Waals surface area contributed by atoms with E-state index in [0.29, 0.717) is 0 Å². The number of nitrogens with zero attached hydrogens (tertiary/aromatic N) is 1. The van der Waals surface area contributed by atoms with Crippen molar-refractivity contribution in [2.45, 2.75) is 114 Å². The molecule has 1 nitrogen and oxygen atoms in total. The van der Waals surface area contributed by atoms with E-state index in [1.807, 2.05) is 0 Å². The molecule has 0 aliphatic rings. The van der Waals surface area contributed by atoms with Gasteiger partial charge in [0.2, 0.25) is 0 Å². The Hall–Kier alpha value is -1.60. The zero-order valence-corrected chi connectivity index (χ0v) is 23.7. The van der Waals surface area contributed by atoms with Crippen LogP contribution in [0.25, 0.3) is 0 Å². The topological polar surface area (TPSA) is 3.24 Å². The van der Waals surface area contributed by atoms with Gasteiger partial charge in [0.05, 0.1) is 0 Å². The van der Waals surface area contributed by atoms with Crippen LogP contribution in [0.5, 0.6) is 0 Å². The Morgan fingerprint density at radius 2 is 0.758 bits per heavy atom. The van der Waals surface area contributed by atoms with Gasteiger partial charge >= 0.3 is 0 Å². The molecule has 188 valence electrons. The molecule has 0 aliphatic carbocycles. The highest BCUT2D eigenvalue weighted by atomic mass is 15.1. The third-order valence-electron chi connectivity index (χ3n) is 6.09. The zero-order chi connectivity index (χ0) is 25.1. The molecule has 0 saturated carbocycles. The van der Waals surface area contributed by atoms with Crippen molar-refractivity contribution in [3.05, 3.63) is 69.9 Å². The molecule has 33 heavy (non-hydrogen) atoms. The summed E-state index contributed by atoms with van der Waals surface area (Å²) in [5.41, 5.74) is 8.91. The molecule has 0 aliphatic heterocycles. The van der Waals surface area contributed by atoms with Crippen LogP contribution in [-0.2, 0) is 0 Å². The van der Waals surface area contributed by atoms with E-state index >= 15 is 0 Å². The molecule has 0 bridgehead atoms. The SMILES string of the molecule is CCN(C/C=C(\C)CC/C=C(\C)CCC=C(C)C)C/C=C(\C)CC/C=C(\C)CCC=C(C)C. The molecule has 0 amide bonds. The first kappa shape index (κ1) is 31.4. The van der Waals surface area contributed by atoms with Gasteiger partial charge in [-0.05, 0) is 113 Å². The Labute approximate surface area is 208 Å². The van der Waals surface area contributed by atoms with Gasteiger partial charge in [-0.1, -0.05) is 76.8 Å². The highest BCUT2D eigenvalue weighted by molar-refractivity contribution is 5.08. The first-order valence-corrected chi connectivity index (χ1v) is 13.3. The van der Waals surface area contributed by atoms with Crippen LogP contribution in [0.3, 0.4) is 0 Å². The summed E-state index contributed by atoms with van der Waals surface area (Å²) in [6, 6.07) is 0. The summed E-state index contributed by atoms with van der Waals surface area (Å²) >= 11 is 0. The van der Waals surface area contributed by atoms with Crippen LogP contribution in [-0.4, -0.2) is 24.5 Å². The Kier molecular flexibility index (Phi) is 18.9. The monoisotopic (exact) mass is 453 g/mol. The number of allylic oxidation sites excluding steroid dienone is 10. The summed E-state index contributed by atoms with van der Waals surface area (Å²) in [5.74, 6) is 0. The number of hydrogen-bond acceptors (Lipinski definition) is 1. The predicted octanol–water partition coefficient (Wildman–Crippen LogP) is 10.1. The van der Waals surface area contributed by atoms with Gasteiger partial charge in [-0.15, -0.1) is 0 Å². The largest absolute Gasteiger partial charge is 0.296 e. The van der Waals surface area contributed by atoms with Crippen molar-refractivity contribution in [1.29, 1.82) is 0 Å². The third kappa shape index (κ3) is 20.7. The lowest BCUT2D eigenvalue weighted by Crippen LogP contribution is -2.23. The Balaban J connectivity index is 4.33. The number of likely N-dealkylation sites (N-methyl/N-ethyl adjacent to an activating group) is 1. The van der Waals surface area contributed by atoms with Gasteiger partial charge in [0.1, 0.15) is 0 Å². The number of hydrogen-bond donors (Lipinski definition) is 0. The Morgan fingerprint density at radius 1 is 0.455 bits per heavy atom. The van der Waals surface area contributed by atoms with Crippen LogP contribution in [0.1, 0.15) is 114 Å². The molecule has 0 heterocycles. The fraction of sp³-hybridized carbons (Fsp3) is 0.625. The van der Waals surface area contributed by atoms with Crippen LogP contribution in [0.15, 0.2) is 69.9 Å². The first-order valence-electron chi connectivity index (χ1n) is 13.3. The molecule has 0 radical (unpaired) electrons. The van der Waals surface area contributed by atoms with E-state index in [1.165, 1.54) is 72.0 Å². The van der Waals surface area contributed by atoms with Gasteiger partial charge in [0.15, 0.2) is 0 Å². The predicted molar refractivity (Wildman–Crippen MR) is 153 cm³/mol. The molecule has 0 rings (SSSR count). The van der Waals surface area contributed by atoms with Crippen molar-refractivity contribution < 1.29 is 0 Å². The van der Waals surface area contributed by atoms with Gasteiger partial charge in [0, 0.05) is 13.1 Å². The van der Waals surface area contributed by atoms with Gasteiger partial charge < -0.3 is 0 Å². The van der Waals surface area contributed by atoms with Crippen molar-refractivity contribution in [1.82, 2.24) is 4.90 Å². The van der Waals surface area contributed by atoms with Crippen molar-refractivity contribution >= 4 is 0 Å². The van der Waals surface area contributed by atoms with E-state index in [4.69, 9.17) is 0 Å². The van der Waals surface area contributed by atoms with Crippen LogP contribution >= 0.6 is 0 Å². The average molecular weight is 454 g/mol. The molecular formula is C32H55N. The molecule has 0 unspecified atom stereocenters. The minimum atomic E-state index is 1.05. The van der Waals surface area contributed by atoms with E-state index in [0.717, 1.165) is 32.5 Å². The normalized spacial score (nSPS) is 13.5. The van der Waals surface area contributed by atoms with Gasteiger partial charge in [0.25, 0.3) is 0 Å².